The lowest BCUT2D eigenvalue weighted by Gasteiger charge is -2.20. The highest BCUT2D eigenvalue weighted by molar-refractivity contribution is 5.83. The van der Waals surface area contributed by atoms with Gasteiger partial charge in [-0.1, -0.05) is 13.8 Å². The predicted octanol–water partition coefficient (Wildman–Crippen LogP) is 0.479. The third-order valence-electron chi connectivity index (χ3n) is 2.73. The van der Waals surface area contributed by atoms with Crippen LogP contribution in [0, 0.1) is 5.92 Å². The Balaban J connectivity index is 2.35. The Morgan fingerprint density at radius 3 is 3.00 bits per heavy atom. The van der Waals surface area contributed by atoms with Crippen LogP contribution in [0.4, 0.5) is 0 Å². The zero-order valence-electron chi connectivity index (χ0n) is 9.95. The van der Waals surface area contributed by atoms with Gasteiger partial charge >= 0.3 is 0 Å². The van der Waals surface area contributed by atoms with Crippen molar-refractivity contribution in [1.29, 1.82) is 0 Å². The van der Waals surface area contributed by atoms with E-state index in [0.717, 1.165) is 32.7 Å². The first-order valence-corrected chi connectivity index (χ1v) is 5.70. The third-order valence-corrected chi connectivity index (χ3v) is 2.73. The fraction of sp³-hybridized carbons (Fsp3) is 0.909. The van der Waals surface area contributed by atoms with Crippen molar-refractivity contribution in [1.82, 2.24) is 10.2 Å². The molecule has 0 radical (unpaired) electrons. The molecular formula is C11H22N2O2. The van der Waals surface area contributed by atoms with Gasteiger partial charge in [0.2, 0.25) is 5.91 Å². The average molecular weight is 214 g/mol. The molecule has 15 heavy (non-hydrogen) atoms. The van der Waals surface area contributed by atoms with E-state index in [-0.39, 0.29) is 11.9 Å². The van der Waals surface area contributed by atoms with Crippen LogP contribution in [0.2, 0.25) is 0 Å². The molecule has 1 amide bonds. The number of nitrogens with one attached hydrogen (secondary N) is 1. The molecule has 1 aliphatic rings. The Hall–Kier alpha value is -0.610. The van der Waals surface area contributed by atoms with Crippen LogP contribution < -0.4 is 5.32 Å². The molecule has 0 aliphatic carbocycles. The van der Waals surface area contributed by atoms with Crippen LogP contribution in [0.1, 0.15) is 20.3 Å². The van der Waals surface area contributed by atoms with E-state index in [1.807, 2.05) is 11.8 Å². The van der Waals surface area contributed by atoms with Crippen LogP contribution in [-0.2, 0) is 9.53 Å². The van der Waals surface area contributed by atoms with Gasteiger partial charge in [-0.3, -0.25) is 4.79 Å². The first kappa shape index (κ1) is 12.5. The van der Waals surface area contributed by atoms with Gasteiger partial charge in [0.1, 0.15) is 0 Å². The van der Waals surface area contributed by atoms with E-state index in [0.29, 0.717) is 5.92 Å². The first-order valence-electron chi connectivity index (χ1n) is 5.70. The summed E-state index contributed by atoms with van der Waals surface area (Å²) in [5.41, 5.74) is 0. The summed E-state index contributed by atoms with van der Waals surface area (Å²) in [7, 11) is 1.70. The highest BCUT2D eigenvalue weighted by Gasteiger charge is 2.31. The minimum absolute atomic E-state index is 0.0461. The van der Waals surface area contributed by atoms with Gasteiger partial charge in [-0.05, 0) is 18.9 Å². The standard InChI is InChI=1S/C11H22N2O2/c1-4-12-10-5-6-13(11(10)14)7-9(2)8-15-3/h9-10,12H,4-8H2,1-3H3. The van der Waals surface area contributed by atoms with E-state index < -0.39 is 0 Å². The maximum absolute atomic E-state index is 11.9. The summed E-state index contributed by atoms with van der Waals surface area (Å²) in [6.07, 6.45) is 0.937. The van der Waals surface area contributed by atoms with E-state index in [9.17, 15) is 4.79 Å². The molecule has 4 nitrogen and oxygen atoms in total. The molecule has 1 N–H and O–H groups in total. The lowest BCUT2D eigenvalue weighted by Crippen LogP contribution is -2.40. The van der Waals surface area contributed by atoms with Crippen molar-refractivity contribution in [3.8, 4) is 0 Å². The second kappa shape index (κ2) is 6.08. The van der Waals surface area contributed by atoms with Gasteiger partial charge in [-0.2, -0.15) is 0 Å². The van der Waals surface area contributed by atoms with Crippen molar-refractivity contribution >= 4 is 5.91 Å². The summed E-state index contributed by atoms with van der Waals surface area (Å²) in [6.45, 7) is 7.41. The van der Waals surface area contributed by atoms with Crippen LogP contribution >= 0.6 is 0 Å². The Kier molecular flexibility index (Phi) is 5.05. The number of ether oxygens (including phenoxy) is 1. The minimum atomic E-state index is 0.0461. The number of nitrogens with zero attached hydrogens (tertiary/aromatic N) is 1. The molecule has 0 saturated carbocycles. The molecule has 1 saturated heterocycles. The van der Waals surface area contributed by atoms with Gasteiger partial charge in [-0.15, -0.1) is 0 Å². The Bertz CT molecular complexity index is 209. The number of methoxy groups -OCH3 is 1. The van der Waals surface area contributed by atoms with Gasteiger partial charge in [0, 0.05) is 20.2 Å². The zero-order valence-corrected chi connectivity index (χ0v) is 9.95. The van der Waals surface area contributed by atoms with Crippen LogP contribution in [0.3, 0.4) is 0 Å². The number of amides is 1. The maximum Gasteiger partial charge on any atom is 0.239 e. The number of rotatable bonds is 6. The Labute approximate surface area is 92.0 Å². The van der Waals surface area contributed by atoms with Crippen molar-refractivity contribution in [2.24, 2.45) is 5.92 Å². The molecule has 0 aromatic rings. The van der Waals surface area contributed by atoms with Crippen LogP contribution in [0.15, 0.2) is 0 Å². The first-order chi connectivity index (χ1) is 7.19. The highest BCUT2D eigenvalue weighted by Crippen LogP contribution is 2.13. The molecule has 2 atom stereocenters. The average Bonchev–Trinajstić information content (AvgIpc) is 2.51. The van der Waals surface area contributed by atoms with Gasteiger partial charge in [0.25, 0.3) is 0 Å². The summed E-state index contributed by atoms with van der Waals surface area (Å²) >= 11 is 0. The van der Waals surface area contributed by atoms with Crippen molar-refractivity contribution in [2.75, 3.05) is 33.4 Å². The summed E-state index contributed by atoms with van der Waals surface area (Å²) in [5.74, 6) is 0.666. The summed E-state index contributed by atoms with van der Waals surface area (Å²) < 4.78 is 5.07. The highest BCUT2D eigenvalue weighted by atomic mass is 16.5. The largest absolute Gasteiger partial charge is 0.384 e. The second-order valence-corrected chi connectivity index (χ2v) is 4.24. The summed E-state index contributed by atoms with van der Waals surface area (Å²) in [6, 6.07) is 0.0461. The van der Waals surface area contributed by atoms with E-state index in [2.05, 4.69) is 12.2 Å². The van der Waals surface area contributed by atoms with Crippen molar-refractivity contribution in [3.63, 3.8) is 0 Å². The fourth-order valence-electron chi connectivity index (χ4n) is 2.07. The number of likely N-dealkylation sites (N-methyl/N-ethyl adjacent to an activating group) is 1. The number of hydrogen-bond acceptors (Lipinski definition) is 3. The molecule has 0 bridgehead atoms. The Morgan fingerprint density at radius 2 is 2.40 bits per heavy atom. The summed E-state index contributed by atoms with van der Waals surface area (Å²) in [4.78, 5) is 13.8. The molecule has 1 fully saturated rings. The SMILES string of the molecule is CCNC1CCN(CC(C)COC)C1=O. The van der Waals surface area contributed by atoms with E-state index >= 15 is 0 Å². The van der Waals surface area contributed by atoms with Crippen molar-refractivity contribution < 1.29 is 9.53 Å². The molecule has 0 spiro atoms. The van der Waals surface area contributed by atoms with Crippen LogP contribution in [-0.4, -0.2) is 50.2 Å². The number of carbonyl (C=O) groups excluding carboxylic acids is 1. The van der Waals surface area contributed by atoms with Gasteiger partial charge in [0.15, 0.2) is 0 Å². The number of likely N-dealkylation sites (tertiary alicyclic amines) is 1. The smallest absolute Gasteiger partial charge is 0.239 e. The molecule has 88 valence electrons. The van der Waals surface area contributed by atoms with E-state index in [4.69, 9.17) is 4.74 Å². The van der Waals surface area contributed by atoms with Crippen molar-refractivity contribution in [3.05, 3.63) is 0 Å². The molecule has 2 unspecified atom stereocenters. The lowest BCUT2D eigenvalue weighted by atomic mass is 10.2. The predicted molar refractivity (Wildman–Crippen MR) is 59.7 cm³/mol. The monoisotopic (exact) mass is 214 g/mol. The third kappa shape index (κ3) is 3.47. The van der Waals surface area contributed by atoms with E-state index in [1.165, 1.54) is 0 Å². The van der Waals surface area contributed by atoms with Crippen molar-refractivity contribution in [2.45, 2.75) is 26.3 Å². The normalized spacial score (nSPS) is 23.5. The van der Waals surface area contributed by atoms with Gasteiger partial charge in [0.05, 0.1) is 12.6 Å². The molecular weight excluding hydrogens is 192 g/mol. The number of carbonyl (C=O) groups is 1. The minimum Gasteiger partial charge on any atom is -0.384 e. The molecule has 1 heterocycles. The maximum atomic E-state index is 11.9. The molecule has 4 heteroatoms. The van der Waals surface area contributed by atoms with Crippen LogP contribution in [0.5, 0.6) is 0 Å². The van der Waals surface area contributed by atoms with E-state index in [1.54, 1.807) is 7.11 Å². The topological polar surface area (TPSA) is 41.6 Å². The summed E-state index contributed by atoms with van der Waals surface area (Å²) in [5, 5.41) is 3.21. The lowest BCUT2D eigenvalue weighted by molar-refractivity contribution is -0.130. The van der Waals surface area contributed by atoms with Gasteiger partial charge in [-0.25, -0.2) is 0 Å². The van der Waals surface area contributed by atoms with Crippen LogP contribution in [0.25, 0.3) is 0 Å². The molecule has 1 aliphatic heterocycles. The Morgan fingerprint density at radius 1 is 1.67 bits per heavy atom. The molecule has 1 rings (SSSR count). The molecule has 0 aromatic heterocycles. The quantitative estimate of drug-likeness (QED) is 0.699. The number of hydrogen-bond donors (Lipinski definition) is 1. The van der Waals surface area contributed by atoms with Gasteiger partial charge < -0.3 is 15.0 Å². The second-order valence-electron chi connectivity index (χ2n) is 4.24. The fourth-order valence-corrected chi connectivity index (χ4v) is 2.07. The molecule has 0 aromatic carbocycles. The zero-order chi connectivity index (χ0) is 11.3.